The van der Waals surface area contributed by atoms with Crippen LogP contribution in [0.25, 0.3) is 0 Å². The van der Waals surface area contributed by atoms with Gasteiger partial charge < -0.3 is 9.47 Å². The molecule has 0 bridgehead atoms. The summed E-state index contributed by atoms with van der Waals surface area (Å²) in [5.41, 5.74) is 0.456. The van der Waals surface area contributed by atoms with Crippen LogP contribution in [0.4, 0.5) is 0 Å². The summed E-state index contributed by atoms with van der Waals surface area (Å²) in [5.74, 6) is 3.36. The molecule has 1 spiro atoms. The lowest BCUT2D eigenvalue weighted by Gasteiger charge is -2.43. The quantitative estimate of drug-likeness (QED) is 0.824. The molecule has 3 nitrogen and oxygen atoms in total. The van der Waals surface area contributed by atoms with Crippen LogP contribution in [0, 0.1) is 11.8 Å². The van der Waals surface area contributed by atoms with Crippen LogP contribution in [0.15, 0.2) is 18.2 Å². The Labute approximate surface area is 125 Å². The van der Waals surface area contributed by atoms with E-state index < -0.39 is 0 Å². The lowest BCUT2D eigenvalue weighted by atomic mass is 9.72. The van der Waals surface area contributed by atoms with Crippen molar-refractivity contribution in [1.82, 2.24) is 0 Å². The Morgan fingerprint density at radius 3 is 2.86 bits per heavy atom. The van der Waals surface area contributed by atoms with Gasteiger partial charge in [0.2, 0.25) is 0 Å². The van der Waals surface area contributed by atoms with Gasteiger partial charge in [-0.3, -0.25) is 4.79 Å². The van der Waals surface area contributed by atoms with Crippen LogP contribution in [0.5, 0.6) is 11.5 Å². The zero-order chi connectivity index (χ0) is 14.4. The van der Waals surface area contributed by atoms with Crippen LogP contribution >= 0.6 is 0 Å². The Hall–Kier alpha value is -1.51. The van der Waals surface area contributed by atoms with E-state index in [1.165, 1.54) is 25.7 Å². The van der Waals surface area contributed by atoms with E-state index in [1.54, 1.807) is 7.11 Å². The molecule has 2 saturated carbocycles. The van der Waals surface area contributed by atoms with E-state index in [2.05, 4.69) is 0 Å². The molecule has 2 atom stereocenters. The number of benzene rings is 1. The molecule has 0 saturated heterocycles. The lowest BCUT2D eigenvalue weighted by Crippen LogP contribution is -2.46. The normalized spacial score (nSPS) is 31.7. The maximum absolute atomic E-state index is 12.6. The molecule has 21 heavy (non-hydrogen) atoms. The largest absolute Gasteiger partial charge is 0.497 e. The average Bonchev–Trinajstić information content (AvgIpc) is 3.32. The predicted octanol–water partition coefficient (Wildman–Crippen LogP) is 4.00. The SMILES string of the molecule is COc1ccc2c(c1)C(=O)CC1(CCCC(C3CC3)C1)O2. The summed E-state index contributed by atoms with van der Waals surface area (Å²) < 4.78 is 11.6. The molecule has 0 aromatic heterocycles. The third-order valence-corrected chi connectivity index (χ3v) is 5.43. The number of ketones is 1. The molecule has 2 aliphatic carbocycles. The maximum atomic E-state index is 12.6. The summed E-state index contributed by atoms with van der Waals surface area (Å²) in [6.45, 7) is 0. The molecule has 0 radical (unpaired) electrons. The average molecular weight is 286 g/mol. The van der Waals surface area contributed by atoms with Crippen LogP contribution in [0.2, 0.25) is 0 Å². The smallest absolute Gasteiger partial charge is 0.170 e. The van der Waals surface area contributed by atoms with Crippen molar-refractivity contribution in [2.75, 3.05) is 7.11 Å². The third-order valence-electron chi connectivity index (χ3n) is 5.43. The summed E-state index contributed by atoms with van der Waals surface area (Å²) in [7, 11) is 1.62. The standard InChI is InChI=1S/C18H22O3/c1-20-14-6-7-17-15(9-14)16(19)11-18(21-17)8-2-3-13(10-18)12-4-5-12/h6-7,9,12-13H,2-5,8,10-11H2,1H3. The van der Waals surface area contributed by atoms with Gasteiger partial charge in [-0.1, -0.05) is 0 Å². The molecule has 2 fully saturated rings. The fourth-order valence-corrected chi connectivity index (χ4v) is 4.19. The molecule has 112 valence electrons. The highest BCUT2D eigenvalue weighted by Crippen LogP contribution is 2.50. The summed E-state index contributed by atoms with van der Waals surface area (Å²) >= 11 is 0. The number of hydrogen-bond acceptors (Lipinski definition) is 3. The Balaban J connectivity index is 1.62. The van der Waals surface area contributed by atoms with Crippen LogP contribution in [-0.4, -0.2) is 18.5 Å². The molecular weight excluding hydrogens is 264 g/mol. The van der Waals surface area contributed by atoms with Crippen molar-refractivity contribution in [3.8, 4) is 11.5 Å². The molecule has 1 aliphatic heterocycles. The number of ether oxygens (including phenoxy) is 2. The van der Waals surface area contributed by atoms with Gasteiger partial charge in [0.15, 0.2) is 5.78 Å². The van der Waals surface area contributed by atoms with Crippen molar-refractivity contribution in [3.05, 3.63) is 23.8 Å². The van der Waals surface area contributed by atoms with Gasteiger partial charge in [0, 0.05) is 0 Å². The molecule has 2 unspecified atom stereocenters. The molecule has 4 rings (SSSR count). The summed E-state index contributed by atoms with van der Waals surface area (Å²) in [5, 5.41) is 0. The fraction of sp³-hybridized carbons (Fsp3) is 0.611. The van der Waals surface area contributed by atoms with Crippen LogP contribution in [0.3, 0.4) is 0 Å². The van der Waals surface area contributed by atoms with E-state index in [1.807, 2.05) is 18.2 Å². The molecule has 1 aromatic carbocycles. The van der Waals surface area contributed by atoms with E-state index in [0.717, 1.165) is 36.2 Å². The number of hydrogen-bond donors (Lipinski definition) is 0. The van der Waals surface area contributed by atoms with E-state index in [0.29, 0.717) is 12.0 Å². The summed E-state index contributed by atoms with van der Waals surface area (Å²) in [6, 6.07) is 5.59. The van der Waals surface area contributed by atoms with Gasteiger partial charge in [-0.15, -0.1) is 0 Å². The van der Waals surface area contributed by atoms with E-state index in [9.17, 15) is 4.79 Å². The van der Waals surface area contributed by atoms with Crippen molar-refractivity contribution >= 4 is 5.78 Å². The first-order chi connectivity index (χ1) is 10.2. The number of carbonyl (C=O) groups excluding carboxylic acids is 1. The first-order valence-electron chi connectivity index (χ1n) is 8.09. The van der Waals surface area contributed by atoms with E-state index in [-0.39, 0.29) is 11.4 Å². The van der Waals surface area contributed by atoms with E-state index in [4.69, 9.17) is 9.47 Å². The number of fused-ring (bicyclic) bond motifs is 1. The van der Waals surface area contributed by atoms with Crippen molar-refractivity contribution in [1.29, 1.82) is 0 Å². The molecule has 1 heterocycles. The number of rotatable bonds is 2. The van der Waals surface area contributed by atoms with Crippen molar-refractivity contribution < 1.29 is 14.3 Å². The second kappa shape index (κ2) is 4.75. The minimum atomic E-state index is -0.232. The molecule has 3 heteroatoms. The molecule has 0 amide bonds. The summed E-state index contributed by atoms with van der Waals surface area (Å²) in [6.07, 6.45) is 7.89. The second-order valence-corrected chi connectivity index (χ2v) is 6.94. The number of Topliss-reactive ketones (excluding diaryl/α,β-unsaturated/α-hetero) is 1. The number of carbonyl (C=O) groups is 1. The number of methoxy groups -OCH3 is 1. The van der Waals surface area contributed by atoms with Crippen molar-refractivity contribution in [2.45, 2.75) is 50.5 Å². The van der Waals surface area contributed by atoms with Crippen LogP contribution < -0.4 is 9.47 Å². The van der Waals surface area contributed by atoms with Crippen LogP contribution in [0.1, 0.15) is 55.3 Å². The highest BCUT2D eigenvalue weighted by Gasteiger charge is 2.47. The second-order valence-electron chi connectivity index (χ2n) is 6.94. The van der Waals surface area contributed by atoms with Gasteiger partial charge in [-0.05, 0) is 68.6 Å². The van der Waals surface area contributed by atoms with E-state index >= 15 is 0 Å². The van der Waals surface area contributed by atoms with Gasteiger partial charge in [0.25, 0.3) is 0 Å². The molecule has 3 aliphatic rings. The highest BCUT2D eigenvalue weighted by atomic mass is 16.5. The van der Waals surface area contributed by atoms with Gasteiger partial charge in [-0.25, -0.2) is 0 Å². The van der Waals surface area contributed by atoms with Gasteiger partial charge >= 0.3 is 0 Å². The first kappa shape index (κ1) is 13.2. The van der Waals surface area contributed by atoms with Crippen LogP contribution in [-0.2, 0) is 0 Å². The van der Waals surface area contributed by atoms with Gasteiger partial charge in [0.05, 0.1) is 19.1 Å². The van der Waals surface area contributed by atoms with Crippen molar-refractivity contribution in [3.63, 3.8) is 0 Å². The zero-order valence-corrected chi connectivity index (χ0v) is 12.6. The predicted molar refractivity (Wildman–Crippen MR) is 80.0 cm³/mol. The Morgan fingerprint density at radius 2 is 2.10 bits per heavy atom. The molecule has 0 N–H and O–H groups in total. The Kier molecular flexibility index (Phi) is 2.98. The summed E-state index contributed by atoms with van der Waals surface area (Å²) in [4.78, 5) is 12.6. The topological polar surface area (TPSA) is 35.5 Å². The van der Waals surface area contributed by atoms with Gasteiger partial charge in [-0.2, -0.15) is 0 Å². The minimum absolute atomic E-state index is 0.214. The lowest BCUT2D eigenvalue weighted by molar-refractivity contribution is -0.00746. The minimum Gasteiger partial charge on any atom is -0.497 e. The third kappa shape index (κ3) is 2.33. The zero-order valence-electron chi connectivity index (χ0n) is 12.6. The first-order valence-corrected chi connectivity index (χ1v) is 8.09. The van der Waals surface area contributed by atoms with Gasteiger partial charge in [0.1, 0.15) is 17.1 Å². The highest BCUT2D eigenvalue weighted by molar-refractivity contribution is 6.00. The maximum Gasteiger partial charge on any atom is 0.170 e. The van der Waals surface area contributed by atoms with Crippen molar-refractivity contribution in [2.24, 2.45) is 11.8 Å². The molecular formula is C18H22O3. The molecule has 1 aromatic rings. The Bertz CT molecular complexity index is 576. The Morgan fingerprint density at radius 1 is 1.24 bits per heavy atom. The monoisotopic (exact) mass is 286 g/mol. The fourth-order valence-electron chi connectivity index (χ4n) is 4.19.